The molecule has 724 valence electrons. The molecule has 0 aromatic rings. The molecule has 29 heteroatoms. The molecule has 2 fully saturated rings. The third kappa shape index (κ3) is 61.9. The van der Waals surface area contributed by atoms with Crippen LogP contribution in [0.4, 0.5) is 0 Å². The minimum Gasteiger partial charge on any atom is -0.462 e. The van der Waals surface area contributed by atoms with E-state index >= 15 is 9.59 Å². The van der Waals surface area contributed by atoms with E-state index in [0.717, 1.165) is 257 Å². The molecule has 0 radical (unpaired) electrons. The fourth-order valence-electron chi connectivity index (χ4n) is 16.6. The van der Waals surface area contributed by atoms with Crippen LogP contribution in [0.3, 0.4) is 0 Å². The van der Waals surface area contributed by atoms with Gasteiger partial charge in [0.2, 0.25) is 11.8 Å². The van der Waals surface area contributed by atoms with Gasteiger partial charge in [-0.25, -0.2) is 9.13 Å². The second kappa shape index (κ2) is 75.4. The van der Waals surface area contributed by atoms with Crippen molar-refractivity contribution in [2.24, 2.45) is 0 Å². The summed E-state index contributed by atoms with van der Waals surface area (Å²) >= 11 is 0. The van der Waals surface area contributed by atoms with Crippen molar-refractivity contribution in [2.75, 3.05) is 13.2 Å². The number of unbranched alkanes of at least 4 members (excludes halogenated alkanes) is 50. The predicted molar refractivity (Wildman–Crippen MR) is 481 cm³/mol. The minimum atomic E-state index is -5.69. The summed E-state index contributed by atoms with van der Waals surface area (Å²) in [5.74, 6) is -5.04. The van der Waals surface area contributed by atoms with E-state index in [2.05, 4.69) is 52.2 Å². The highest BCUT2D eigenvalue weighted by molar-refractivity contribution is 7.46. The Bertz CT molecular complexity index is 2710. The largest absolute Gasteiger partial charge is 0.472 e. The number of carbonyl (C=O) groups is 6. The number of amides is 2. The first-order chi connectivity index (χ1) is 59.3. The summed E-state index contributed by atoms with van der Waals surface area (Å²) in [5.41, 5.74) is 0. The molecule has 0 aromatic heterocycles. The van der Waals surface area contributed by atoms with Gasteiger partial charge in [-0.15, -0.1) is 0 Å². The number of hydrogen-bond acceptors (Lipinski definition) is 21. The molecular weight excluding hydrogens is 1620 g/mol. The maximum atomic E-state index is 15.2. The summed E-state index contributed by atoms with van der Waals surface area (Å²) in [7, 11) is -11.4. The van der Waals surface area contributed by atoms with E-state index in [1.807, 2.05) is 0 Å². The number of esters is 4. The molecule has 2 heterocycles. The predicted octanol–water partition coefficient (Wildman–Crippen LogP) is 20.6. The molecule has 0 bridgehead atoms. The first kappa shape index (κ1) is 116. The highest BCUT2D eigenvalue weighted by Gasteiger charge is 2.55. The zero-order chi connectivity index (χ0) is 90.4. The molecule has 2 aliphatic heterocycles. The van der Waals surface area contributed by atoms with E-state index in [1.54, 1.807) is 0 Å². The molecule has 2 rings (SSSR count). The summed E-state index contributed by atoms with van der Waals surface area (Å²) < 4.78 is 80.1. The zero-order valence-corrected chi connectivity index (χ0v) is 79.4. The second-order valence-electron chi connectivity index (χ2n) is 35.5. The van der Waals surface area contributed by atoms with Crippen molar-refractivity contribution in [3.63, 3.8) is 0 Å². The highest BCUT2D eigenvalue weighted by Crippen LogP contribution is 2.44. The fourth-order valence-corrected chi connectivity index (χ4v) is 17.6. The maximum Gasteiger partial charge on any atom is 0.472 e. The quantitative estimate of drug-likeness (QED) is 0.0117. The van der Waals surface area contributed by atoms with Crippen molar-refractivity contribution < 1.29 is 120 Å². The molecule has 6 unspecified atom stereocenters. The van der Waals surface area contributed by atoms with Gasteiger partial charge in [-0.1, -0.05) is 375 Å². The number of aliphatic hydroxyl groups excluding tert-OH is 4. The minimum absolute atomic E-state index is 0.0781. The van der Waals surface area contributed by atoms with Gasteiger partial charge in [0, 0.05) is 12.8 Å². The number of carbonyl (C=O) groups excluding carboxylic acids is 6. The van der Waals surface area contributed by atoms with Gasteiger partial charge in [0.1, 0.15) is 48.7 Å². The van der Waals surface area contributed by atoms with Crippen LogP contribution in [0.2, 0.25) is 0 Å². The van der Waals surface area contributed by atoms with Gasteiger partial charge >= 0.3 is 39.5 Å². The summed E-state index contributed by atoms with van der Waals surface area (Å²) in [6.45, 7) is 10.9. The SMILES string of the molecule is CCCCCCCCCCCCCC(=O)O[C@H](CCCCCCCCCCC)CC(=O)OC1C(NC(=O)C[C@@H](CCCCCCCCCCC)OC(=O)CCCCCCCCCCC)[C@H](OCC2O[C@H](OP(=O)(O)O)C(NC(=O)C[C@H](O)CCCCCCCCCCC)C(OC(=O)C[C@H](O)CCCCCCCCCCC)[C@@H]2O)OC(CO)[C@H]1OP(=O)(O)O. The van der Waals surface area contributed by atoms with Gasteiger partial charge < -0.3 is 83.8 Å². The van der Waals surface area contributed by atoms with E-state index in [4.69, 9.17) is 42.2 Å². The van der Waals surface area contributed by atoms with Gasteiger partial charge in [0.15, 0.2) is 24.8 Å². The Morgan fingerprint density at radius 3 is 0.984 bits per heavy atom. The third-order valence-corrected chi connectivity index (χ3v) is 24.9. The molecule has 14 atom stereocenters. The van der Waals surface area contributed by atoms with Gasteiger partial charge in [0.25, 0.3) is 0 Å². The van der Waals surface area contributed by atoms with Crippen LogP contribution in [0, 0.1) is 0 Å². The van der Waals surface area contributed by atoms with Crippen molar-refractivity contribution in [1.82, 2.24) is 10.6 Å². The topological polar surface area (TPSA) is 406 Å². The van der Waals surface area contributed by atoms with Crippen molar-refractivity contribution in [2.45, 2.75) is 551 Å². The molecule has 2 saturated heterocycles. The van der Waals surface area contributed by atoms with Gasteiger partial charge in [-0.3, -0.25) is 37.8 Å². The van der Waals surface area contributed by atoms with Crippen LogP contribution < -0.4 is 10.6 Å². The standard InChI is InChI=1S/C94H178N2O25P2/c1-7-13-19-25-31-37-38-44-50-56-62-68-84(103)115-78(66-60-54-48-42-35-29-23-17-11-5)72-86(105)119-92-88(96-82(101)71-77(65-59-53-47-41-34-28-22-16-10-4)114-83(102)67-61-55-49-43-36-30-24-18-12-6)93(116-79(73-97)90(92)120-122(107,108)109)113-74-80-89(106)91(118-85(104)70-76(99)64-58-52-46-40-33-27-21-15-9-3)87(94(117-80)121-123(110,111)112)95-81(100)69-75(98)63-57-51-45-39-32-26-20-14-8-2/h75-80,87-94,97-99,106H,7-74H2,1-6H3,(H,95,100)(H,96,101)(H2,107,108,109)(H2,110,111,112)/t75-,76-,77-,78-,79?,80?,87?,88?,89-,90-,91?,92?,93-,94-/m1/s1. The Balaban J connectivity index is 2.84. The van der Waals surface area contributed by atoms with E-state index in [0.29, 0.717) is 38.5 Å². The Labute approximate surface area is 742 Å². The summed E-state index contributed by atoms with van der Waals surface area (Å²) in [4.78, 5) is 128. The van der Waals surface area contributed by atoms with E-state index in [-0.39, 0.29) is 38.5 Å². The summed E-state index contributed by atoms with van der Waals surface area (Å²) in [6, 6.07) is -3.86. The van der Waals surface area contributed by atoms with Crippen molar-refractivity contribution >= 4 is 51.3 Å². The van der Waals surface area contributed by atoms with Crippen LogP contribution in [0.25, 0.3) is 0 Å². The molecule has 2 amide bonds. The van der Waals surface area contributed by atoms with Crippen LogP contribution in [0.15, 0.2) is 0 Å². The van der Waals surface area contributed by atoms with Gasteiger partial charge in [0.05, 0.1) is 51.1 Å². The van der Waals surface area contributed by atoms with Crippen LogP contribution >= 0.6 is 15.6 Å². The first-order valence-electron chi connectivity index (χ1n) is 49.7. The molecule has 0 spiro atoms. The van der Waals surface area contributed by atoms with Crippen LogP contribution in [-0.4, -0.2) is 175 Å². The number of nitrogens with one attached hydrogen (secondary N) is 2. The Kier molecular flexibility index (Phi) is 71.0. The molecule has 0 aliphatic carbocycles. The van der Waals surface area contributed by atoms with E-state index in [9.17, 15) is 68.3 Å². The lowest BCUT2D eigenvalue weighted by Gasteiger charge is -2.47. The number of phosphoric acid groups is 2. The lowest BCUT2D eigenvalue weighted by molar-refractivity contribution is -0.297. The third-order valence-electron chi connectivity index (χ3n) is 23.9. The lowest BCUT2D eigenvalue weighted by atomic mass is 9.95. The average molecular weight is 1800 g/mol. The molecular formula is C94H178N2O25P2. The number of phosphoric ester groups is 2. The van der Waals surface area contributed by atoms with Crippen molar-refractivity contribution in [1.29, 1.82) is 0 Å². The van der Waals surface area contributed by atoms with E-state index < -0.39 is 176 Å². The summed E-state index contributed by atoms with van der Waals surface area (Å²) in [6.07, 6.45) is 34.0. The van der Waals surface area contributed by atoms with E-state index in [1.165, 1.54) is 64.2 Å². The second-order valence-corrected chi connectivity index (χ2v) is 37.9. The van der Waals surface area contributed by atoms with Gasteiger partial charge in [-0.2, -0.15) is 0 Å². The van der Waals surface area contributed by atoms with Crippen LogP contribution in [0.5, 0.6) is 0 Å². The summed E-state index contributed by atoms with van der Waals surface area (Å²) in [5, 5.41) is 51.5. The fraction of sp³-hybridized carbons (Fsp3) is 0.936. The van der Waals surface area contributed by atoms with Crippen LogP contribution in [-0.2, 0) is 80.1 Å². The normalized spacial score (nSPS) is 20.4. The number of hydrogen-bond donors (Lipinski definition) is 10. The molecule has 10 N–H and O–H groups in total. The first-order valence-corrected chi connectivity index (χ1v) is 52.8. The van der Waals surface area contributed by atoms with Crippen LogP contribution in [0.1, 0.15) is 465 Å². The molecule has 0 saturated carbocycles. The molecule has 123 heavy (non-hydrogen) atoms. The smallest absolute Gasteiger partial charge is 0.462 e. The van der Waals surface area contributed by atoms with Crippen molar-refractivity contribution in [3.05, 3.63) is 0 Å². The highest BCUT2D eigenvalue weighted by atomic mass is 31.2. The number of aliphatic hydroxyl groups is 4. The Morgan fingerprint density at radius 2 is 0.626 bits per heavy atom. The molecule has 2 aliphatic rings. The average Bonchev–Trinajstić information content (AvgIpc) is 0.778. The lowest BCUT2D eigenvalue weighted by Crippen LogP contribution is -2.68. The Morgan fingerprint density at radius 1 is 0.333 bits per heavy atom. The number of rotatable bonds is 84. The number of ether oxygens (including phenoxy) is 7. The van der Waals surface area contributed by atoms with Gasteiger partial charge in [-0.05, 0) is 51.4 Å². The maximum absolute atomic E-state index is 15.2. The van der Waals surface area contributed by atoms with Crippen molar-refractivity contribution in [3.8, 4) is 0 Å². The molecule has 0 aromatic carbocycles. The molecule has 27 nitrogen and oxygen atoms in total. The Hall–Kier alpha value is -3.24. The zero-order valence-electron chi connectivity index (χ0n) is 77.6. The monoisotopic (exact) mass is 1800 g/mol.